The van der Waals surface area contributed by atoms with Crippen LogP contribution in [0, 0.1) is 6.92 Å². The largest absolute Gasteiger partial charge is 0.388 e. The summed E-state index contributed by atoms with van der Waals surface area (Å²) in [6, 6.07) is 11.2. The summed E-state index contributed by atoms with van der Waals surface area (Å²) in [7, 11) is 0. The molecule has 2 rings (SSSR count). The first-order chi connectivity index (χ1) is 8.95. The molecule has 0 saturated carbocycles. The highest BCUT2D eigenvalue weighted by molar-refractivity contribution is 9.10. The Morgan fingerprint density at radius 2 is 1.89 bits per heavy atom. The standard InChI is InChI=1S/C15H13BrCl2O/c1-9-4-11(6-12(16)5-9)15(19)8-10-7-13(17)2-3-14(10)18/h2-7,15,19H,8H2,1H3. The van der Waals surface area contributed by atoms with Crippen molar-refractivity contribution in [2.45, 2.75) is 19.4 Å². The van der Waals surface area contributed by atoms with E-state index < -0.39 is 6.10 Å². The lowest BCUT2D eigenvalue weighted by Gasteiger charge is -2.14. The number of rotatable bonds is 3. The van der Waals surface area contributed by atoms with Crippen LogP contribution in [0.2, 0.25) is 10.0 Å². The molecule has 0 spiro atoms. The van der Waals surface area contributed by atoms with Gasteiger partial charge in [-0.05, 0) is 53.9 Å². The number of aliphatic hydroxyl groups excluding tert-OH is 1. The second kappa shape index (κ2) is 6.27. The van der Waals surface area contributed by atoms with E-state index in [1.165, 1.54) is 0 Å². The van der Waals surface area contributed by atoms with Crippen LogP contribution in [-0.2, 0) is 6.42 Å². The Kier molecular flexibility index (Phi) is 4.91. The van der Waals surface area contributed by atoms with Gasteiger partial charge in [0.2, 0.25) is 0 Å². The molecule has 0 fully saturated rings. The molecule has 4 heteroatoms. The monoisotopic (exact) mass is 358 g/mol. The lowest BCUT2D eigenvalue weighted by Crippen LogP contribution is -2.03. The van der Waals surface area contributed by atoms with Gasteiger partial charge < -0.3 is 5.11 Å². The summed E-state index contributed by atoms with van der Waals surface area (Å²) in [4.78, 5) is 0. The molecule has 0 bridgehead atoms. The Bertz CT molecular complexity index is 578. The molecule has 0 saturated heterocycles. The SMILES string of the molecule is Cc1cc(Br)cc(C(O)Cc2cc(Cl)ccc2Cl)c1. The number of halogens is 3. The fourth-order valence-electron chi connectivity index (χ4n) is 1.98. The van der Waals surface area contributed by atoms with E-state index in [1.807, 2.05) is 25.1 Å². The Labute approximate surface area is 131 Å². The maximum absolute atomic E-state index is 10.3. The molecule has 0 radical (unpaired) electrons. The second-order valence-corrected chi connectivity index (χ2v) is 6.28. The summed E-state index contributed by atoms with van der Waals surface area (Å²) < 4.78 is 0.957. The average molecular weight is 360 g/mol. The lowest BCUT2D eigenvalue weighted by molar-refractivity contribution is 0.178. The minimum atomic E-state index is -0.604. The van der Waals surface area contributed by atoms with Crippen molar-refractivity contribution in [2.24, 2.45) is 0 Å². The number of benzene rings is 2. The molecule has 100 valence electrons. The summed E-state index contributed by atoms with van der Waals surface area (Å²) in [5, 5.41) is 11.6. The highest BCUT2D eigenvalue weighted by Gasteiger charge is 2.12. The molecule has 0 aromatic heterocycles. The molecule has 0 aliphatic rings. The van der Waals surface area contributed by atoms with Crippen molar-refractivity contribution in [3.8, 4) is 0 Å². The topological polar surface area (TPSA) is 20.2 Å². The van der Waals surface area contributed by atoms with Crippen molar-refractivity contribution >= 4 is 39.1 Å². The van der Waals surface area contributed by atoms with Crippen molar-refractivity contribution in [2.75, 3.05) is 0 Å². The first-order valence-electron chi connectivity index (χ1n) is 5.85. The average Bonchev–Trinajstić information content (AvgIpc) is 2.32. The van der Waals surface area contributed by atoms with Gasteiger partial charge in [0.15, 0.2) is 0 Å². The molecular formula is C15H13BrCl2O. The van der Waals surface area contributed by atoms with E-state index in [4.69, 9.17) is 23.2 Å². The molecule has 2 aromatic rings. The number of aryl methyl sites for hydroxylation is 1. The number of hydrogen-bond acceptors (Lipinski definition) is 1. The quantitative estimate of drug-likeness (QED) is 0.784. The van der Waals surface area contributed by atoms with Gasteiger partial charge in [0.25, 0.3) is 0 Å². The van der Waals surface area contributed by atoms with Crippen molar-refractivity contribution in [3.05, 3.63) is 67.6 Å². The minimum Gasteiger partial charge on any atom is -0.388 e. The first kappa shape index (κ1) is 14.9. The maximum Gasteiger partial charge on any atom is 0.0831 e. The van der Waals surface area contributed by atoms with Gasteiger partial charge in [-0.15, -0.1) is 0 Å². The highest BCUT2D eigenvalue weighted by atomic mass is 79.9. The Hall–Kier alpha value is -0.540. The summed E-state index contributed by atoms with van der Waals surface area (Å²) >= 11 is 15.5. The van der Waals surface area contributed by atoms with Crippen LogP contribution in [-0.4, -0.2) is 5.11 Å². The Morgan fingerprint density at radius 1 is 1.16 bits per heavy atom. The third-order valence-corrected chi connectivity index (χ3v) is 3.93. The summed E-state index contributed by atoms with van der Waals surface area (Å²) in [6.07, 6.45) is -0.165. The summed E-state index contributed by atoms with van der Waals surface area (Å²) in [5.74, 6) is 0. The Balaban J connectivity index is 2.25. The fraction of sp³-hybridized carbons (Fsp3) is 0.200. The van der Waals surface area contributed by atoms with Crippen LogP contribution in [0.4, 0.5) is 0 Å². The molecular weight excluding hydrogens is 347 g/mol. The van der Waals surface area contributed by atoms with Crippen molar-refractivity contribution < 1.29 is 5.11 Å². The van der Waals surface area contributed by atoms with E-state index in [1.54, 1.807) is 18.2 Å². The van der Waals surface area contributed by atoms with Gasteiger partial charge in [0.05, 0.1) is 6.10 Å². The molecule has 1 atom stereocenters. The van der Waals surface area contributed by atoms with Crippen LogP contribution >= 0.6 is 39.1 Å². The molecule has 0 aliphatic heterocycles. The van der Waals surface area contributed by atoms with Crippen LogP contribution in [0.15, 0.2) is 40.9 Å². The number of hydrogen-bond donors (Lipinski definition) is 1. The number of aliphatic hydroxyl groups is 1. The molecule has 0 aliphatic carbocycles. The van der Waals surface area contributed by atoms with Crippen LogP contribution < -0.4 is 0 Å². The zero-order chi connectivity index (χ0) is 14.0. The van der Waals surface area contributed by atoms with Crippen molar-refractivity contribution in [1.29, 1.82) is 0 Å². The predicted molar refractivity (Wildman–Crippen MR) is 84.0 cm³/mol. The van der Waals surface area contributed by atoms with Crippen molar-refractivity contribution in [3.63, 3.8) is 0 Å². The van der Waals surface area contributed by atoms with Crippen LogP contribution in [0.5, 0.6) is 0 Å². The van der Waals surface area contributed by atoms with E-state index in [2.05, 4.69) is 15.9 Å². The normalized spacial score (nSPS) is 12.5. The molecule has 1 N–H and O–H groups in total. The zero-order valence-electron chi connectivity index (χ0n) is 10.3. The van der Waals surface area contributed by atoms with Gasteiger partial charge in [-0.1, -0.05) is 45.2 Å². The van der Waals surface area contributed by atoms with E-state index >= 15 is 0 Å². The minimum absolute atomic E-state index is 0.440. The molecule has 1 unspecified atom stereocenters. The maximum atomic E-state index is 10.3. The molecule has 1 nitrogen and oxygen atoms in total. The third-order valence-electron chi connectivity index (χ3n) is 2.87. The lowest BCUT2D eigenvalue weighted by atomic mass is 10.00. The van der Waals surface area contributed by atoms with Gasteiger partial charge in [-0.25, -0.2) is 0 Å². The zero-order valence-corrected chi connectivity index (χ0v) is 13.4. The summed E-state index contributed by atoms with van der Waals surface area (Å²) in [6.45, 7) is 1.99. The molecule has 0 heterocycles. The highest BCUT2D eigenvalue weighted by Crippen LogP contribution is 2.28. The fourth-order valence-corrected chi connectivity index (χ4v) is 3.00. The van der Waals surface area contributed by atoms with E-state index in [0.29, 0.717) is 16.5 Å². The molecule has 19 heavy (non-hydrogen) atoms. The smallest absolute Gasteiger partial charge is 0.0831 e. The van der Waals surface area contributed by atoms with Crippen LogP contribution in [0.1, 0.15) is 22.8 Å². The first-order valence-corrected chi connectivity index (χ1v) is 7.39. The van der Waals surface area contributed by atoms with E-state index in [-0.39, 0.29) is 0 Å². The van der Waals surface area contributed by atoms with E-state index in [9.17, 15) is 5.11 Å². The van der Waals surface area contributed by atoms with Gasteiger partial charge in [-0.3, -0.25) is 0 Å². The van der Waals surface area contributed by atoms with Gasteiger partial charge in [0, 0.05) is 20.9 Å². The third kappa shape index (κ3) is 3.96. The van der Waals surface area contributed by atoms with E-state index in [0.717, 1.165) is 21.2 Å². The van der Waals surface area contributed by atoms with Gasteiger partial charge in [0.1, 0.15) is 0 Å². The Morgan fingerprint density at radius 3 is 2.58 bits per heavy atom. The van der Waals surface area contributed by atoms with Gasteiger partial charge >= 0.3 is 0 Å². The molecule has 2 aromatic carbocycles. The predicted octanol–water partition coefficient (Wildman–Crippen LogP) is 5.34. The van der Waals surface area contributed by atoms with Gasteiger partial charge in [-0.2, -0.15) is 0 Å². The van der Waals surface area contributed by atoms with Crippen molar-refractivity contribution in [1.82, 2.24) is 0 Å². The van der Waals surface area contributed by atoms with Crippen LogP contribution in [0.3, 0.4) is 0 Å². The van der Waals surface area contributed by atoms with Crippen LogP contribution in [0.25, 0.3) is 0 Å². The molecule has 0 amide bonds. The summed E-state index contributed by atoms with van der Waals surface area (Å²) in [5.41, 5.74) is 2.81. The second-order valence-electron chi connectivity index (χ2n) is 4.52.